The maximum atomic E-state index is 13.2. The lowest BCUT2D eigenvalue weighted by atomic mass is 9.54. The fraction of sp³-hybridized carbons (Fsp3) is 0.826. The van der Waals surface area contributed by atoms with Crippen LogP contribution in [0.2, 0.25) is 0 Å². The van der Waals surface area contributed by atoms with E-state index in [9.17, 15) is 4.79 Å². The average molecular weight is 470 g/mol. The Morgan fingerprint density at radius 1 is 1.23 bits per heavy atom. The van der Waals surface area contributed by atoms with Crippen LogP contribution in [0.25, 0.3) is 0 Å². The summed E-state index contributed by atoms with van der Waals surface area (Å²) in [4.78, 5) is 14.0. The van der Waals surface area contributed by atoms with E-state index in [1.165, 1.54) is 32.1 Å². The lowest BCUT2D eigenvalue weighted by molar-refractivity contribution is -0.0124. The van der Waals surface area contributed by atoms with E-state index in [-0.39, 0.29) is 29.9 Å². The number of halogens is 1. The van der Waals surface area contributed by atoms with E-state index >= 15 is 0 Å². The Morgan fingerprint density at radius 2 is 1.87 bits per heavy atom. The number of aromatic nitrogens is 1. The SMILES string of the molecule is CC(C)CSc1c(OCC2(N)CCC2)noc1C(=O)NC1C2CC3CC(C2)CC1C3.Cl. The van der Waals surface area contributed by atoms with Gasteiger partial charge in [-0.05, 0) is 86.1 Å². The van der Waals surface area contributed by atoms with E-state index in [0.29, 0.717) is 36.0 Å². The molecule has 8 heteroatoms. The highest BCUT2D eigenvalue weighted by molar-refractivity contribution is 7.99. The van der Waals surface area contributed by atoms with Crippen molar-refractivity contribution < 1.29 is 14.1 Å². The molecule has 5 fully saturated rings. The van der Waals surface area contributed by atoms with Crippen molar-refractivity contribution >= 4 is 30.1 Å². The van der Waals surface area contributed by atoms with Crippen molar-refractivity contribution in [2.75, 3.05) is 12.4 Å². The molecular formula is C23H36ClN3O3S. The zero-order chi connectivity index (χ0) is 20.9. The molecule has 1 aromatic heterocycles. The van der Waals surface area contributed by atoms with Crippen molar-refractivity contribution in [2.45, 2.75) is 81.7 Å². The number of nitrogens with zero attached hydrogens (tertiary/aromatic N) is 1. The van der Waals surface area contributed by atoms with Gasteiger partial charge in [-0.2, -0.15) is 0 Å². The smallest absolute Gasteiger partial charge is 0.291 e. The van der Waals surface area contributed by atoms with Gasteiger partial charge in [-0.1, -0.05) is 13.8 Å². The monoisotopic (exact) mass is 469 g/mol. The predicted octanol–water partition coefficient (Wildman–Crippen LogP) is 4.66. The number of amides is 1. The van der Waals surface area contributed by atoms with E-state index in [2.05, 4.69) is 24.3 Å². The van der Waals surface area contributed by atoms with Crippen LogP contribution in [0, 0.1) is 29.6 Å². The van der Waals surface area contributed by atoms with E-state index in [4.69, 9.17) is 15.0 Å². The summed E-state index contributed by atoms with van der Waals surface area (Å²) in [7, 11) is 0. The van der Waals surface area contributed by atoms with Crippen LogP contribution in [0.4, 0.5) is 0 Å². The lowest BCUT2D eigenvalue weighted by Crippen LogP contribution is -2.55. The maximum Gasteiger partial charge on any atom is 0.291 e. The Morgan fingerprint density at radius 3 is 2.42 bits per heavy atom. The van der Waals surface area contributed by atoms with Gasteiger partial charge in [0.25, 0.3) is 11.8 Å². The first-order valence-electron chi connectivity index (χ1n) is 11.8. The summed E-state index contributed by atoms with van der Waals surface area (Å²) in [6.07, 6.45) is 9.60. The fourth-order valence-corrected chi connectivity index (χ4v) is 7.23. The van der Waals surface area contributed by atoms with Gasteiger partial charge >= 0.3 is 0 Å². The summed E-state index contributed by atoms with van der Waals surface area (Å²) in [5, 5.41) is 7.47. The number of nitrogens with two attached hydrogens (primary N) is 1. The van der Waals surface area contributed by atoms with Crippen LogP contribution in [-0.2, 0) is 0 Å². The molecule has 31 heavy (non-hydrogen) atoms. The van der Waals surface area contributed by atoms with E-state index in [1.54, 1.807) is 11.8 Å². The number of thioether (sulfide) groups is 1. The zero-order valence-corrected chi connectivity index (χ0v) is 20.2. The predicted molar refractivity (Wildman–Crippen MR) is 124 cm³/mol. The van der Waals surface area contributed by atoms with Gasteiger partial charge in [0.05, 0.1) is 5.54 Å². The molecule has 6 rings (SSSR count). The third-order valence-corrected chi connectivity index (χ3v) is 9.24. The molecule has 5 aliphatic carbocycles. The van der Waals surface area contributed by atoms with Gasteiger partial charge in [0, 0.05) is 11.8 Å². The second-order valence-corrected chi connectivity index (χ2v) is 11.8. The number of carbonyl (C=O) groups is 1. The van der Waals surface area contributed by atoms with Crippen LogP contribution < -0.4 is 15.8 Å². The summed E-state index contributed by atoms with van der Waals surface area (Å²) >= 11 is 1.60. The Bertz CT molecular complexity index is 767. The molecule has 0 saturated heterocycles. The van der Waals surface area contributed by atoms with Crippen LogP contribution in [0.15, 0.2) is 9.42 Å². The Labute approximate surface area is 195 Å². The number of nitrogens with one attached hydrogen (secondary N) is 1. The molecule has 0 unspecified atom stereocenters. The summed E-state index contributed by atoms with van der Waals surface area (Å²) in [5.74, 6) is 5.01. The lowest BCUT2D eigenvalue weighted by Gasteiger charge is -2.54. The highest BCUT2D eigenvalue weighted by Gasteiger charge is 2.49. The fourth-order valence-electron chi connectivity index (χ4n) is 6.25. The quantitative estimate of drug-likeness (QED) is 0.538. The van der Waals surface area contributed by atoms with Crippen molar-refractivity contribution in [3.05, 3.63) is 5.76 Å². The van der Waals surface area contributed by atoms with Gasteiger partial charge in [0.1, 0.15) is 11.5 Å². The van der Waals surface area contributed by atoms with Crippen molar-refractivity contribution in [1.29, 1.82) is 0 Å². The molecule has 5 aliphatic rings. The molecule has 1 aromatic rings. The van der Waals surface area contributed by atoms with Crippen LogP contribution in [0.5, 0.6) is 5.88 Å². The molecule has 174 valence electrons. The Balaban J connectivity index is 0.00000231. The van der Waals surface area contributed by atoms with Crippen molar-refractivity contribution in [3.8, 4) is 5.88 Å². The van der Waals surface area contributed by atoms with Gasteiger partial charge in [-0.15, -0.1) is 24.2 Å². The van der Waals surface area contributed by atoms with Crippen LogP contribution >= 0.6 is 24.2 Å². The molecule has 3 N–H and O–H groups in total. The third-order valence-electron chi connectivity index (χ3n) is 7.76. The first kappa shape index (κ1) is 23.2. The Hall–Kier alpha value is -0.920. The topological polar surface area (TPSA) is 90.4 Å². The molecule has 4 bridgehead atoms. The molecular weight excluding hydrogens is 434 g/mol. The van der Waals surface area contributed by atoms with Crippen molar-refractivity contribution in [3.63, 3.8) is 0 Å². The minimum absolute atomic E-state index is 0. The van der Waals surface area contributed by atoms with Gasteiger partial charge in [0.2, 0.25) is 5.76 Å². The summed E-state index contributed by atoms with van der Waals surface area (Å²) in [6, 6.07) is 0.282. The molecule has 6 nitrogen and oxygen atoms in total. The molecule has 0 radical (unpaired) electrons. The minimum Gasteiger partial charge on any atom is -0.473 e. The van der Waals surface area contributed by atoms with Crippen LogP contribution in [0.3, 0.4) is 0 Å². The summed E-state index contributed by atoms with van der Waals surface area (Å²) in [5.41, 5.74) is 6.05. The normalized spacial score (nSPS) is 32.5. The highest BCUT2D eigenvalue weighted by atomic mass is 35.5. The standard InChI is InChI=1S/C23H35N3O3S.ClH/c1-13(2)11-30-20-19(29-26-22(20)28-12-23(24)4-3-5-23)21(27)25-18-16-7-14-6-15(9-16)10-17(18)8-14;/h13-18H,3-12,24H2,1-2H3,(H,25,27);1H. The van der Waals surface area contributed by atoms with E-state index in [1.807, 2.05) is 0 Å². The van der Waals surface area contributed by atoms with Crippen molar-refractivity contribution in [1.82, 2.24) is 10.5 Å². The zero-order valence-electron chi connectivity index (χ0n) is 18.6. The third kappa shape index (κ3) is 4.74. The second kappa shape index (κ2) is 9.14. The number of carbonyl (C=O) groups excluding carboxylic acids is 1. The molecule has 1 amide bonds. The number of ether oxygens (including phenoxy) is 1. The summed E-state index contributed by atoms with van der Waals surface area (Å²) < 4.78 is 11.5. The first-order valence-corrected chi connectivity index (χ1v) is 12.7. The largest absolute Gasteiger partial charge is 0.473 e. The first-order chi connectivity index (χ1) is 14.4. The average Bonchev–Trinajstić information content (AvgIpc) is 3.08. The molecule has 0 atom stereocenters. The number of hydrogen-bond donors (Lipinski definition) is 2. The van der Waals surface area contributed by atoms with Gasteiger partial charge in [-0.3, -0.25) is 4.79 Å². The number of rotatable bonds is 8. The highest BCUT2D eigenvalue weighted by Crippen LogP contribution is 2.53. The van der Waals surface area contributed by atoms with Crippen molar-refractivity contribution in [2.24, 2.45) is 35.3 Å². The molecule has 0 spiro atoms. The molecule has 5 saturated carbocycles. The molecule has 0 aliphatic heterocycles. The maximum absolute atomic E-state index is 13.2. The van der Waals surface area contributed by atoms with E-state index < -0.39 is 0 Å². The van der Waals surface area contributed by atoms with Crippen LogP contribution in [0.1, 0.15) is 75.8 Å². The van der Waals surface area contributed by atoms with E-state index in [0.717, 1.165) is 41.7 Å². The Kier molecular flexibility index (Phi) is 6.86. The van der Waals surface area contributed by atoms with Crippen LogP contribution in [-0.4, -0.2) is 35.0 Å². The second-order valence-electron chi connectivity index (χ2n) is 10.8. The minimum atomic E-state index is -0.262. The number of hydrogen-bond acceptors (Lipinski definition) is 6. The van der Waals surface area contributed by atoms with Gasteiger partial charge in [0.15, 0.2) is 0 Å². The molecule has 0 aromatic carbocycles. The van der Waals surface area contributed by atoms with Gasteiger partial charge in [-0.25, -0.2) is 0 Å². The van der Waals surface area contributed by atoms with Gasteiger partial charge < -0.3 is 20.3 Å². The molecule has 1 heterocycles. The summed E-state index contributed by atoms with van der Waals surface area (Å²) in [6.45, 7) is 4.75.